The van der Waals surface area contributed by atoms with Crippen molar-refractivity contribution in [1.29, 1.82) is 0 Å². The molecule has 0 spiro atoms. The maximum Gasteiger partial charge on any atom is 0.416 e. The number of alkyl halides is 4. The van der Waals surface area contributed by atoms with Crippen molar-refractivity contribution in [2.75, 3.05) is 30.5 Å². The number of amides is 1. The number of carbonyl (C=O) groups is 1. The lowest BCUT2D eigenvalue weighted by molar-refractivity contribution is -0.137. The van der Waals surface area contributed by atoms with Crippen LogP contribution in [0.1, 0.15) is 51.1 Å². The lowest BCUT2D eigenvalue weighted by Gasteiger charge is -2.29. The van der Waals surface area contributed by atoms with Gasteiger partial charge in [0.25, 0.3) is 5.91 Å². The number of hydrogen-bond donors (Lipinski definition) is 3. The molecule has 0 radical (unpaired) electrons. The van der Waals surface area contributed by atoms with Crippen LogP contribution in [0.2, 0.25) is 0 Å². The average molecular weight is 590 g/mol. The lowest BCUT2D eigenvalue weighted by atomic mass is 10.0. The second-order valence-electron chi connectivity index (χ2n) is 10.4. The zero-order chi connectivity index (χ0) is 30.8. The van der Waals surface area contributed by atoms with Crippen molar-refractivity contribution in [3.05, 3.63) is 76.2 Å². The molecule has 1 aliphatic rings. The number of hydrogen-bond acceptors (Lipinski definition) is 7. The third kappa shape index (κ3) is 6.85. The van der Waals surface area contributed by atoms with Gasteiger partial charge >= 0.3 is 6.18 Å². The van der Waals surface area contributed by atoms with Crippen LogP contribution >= 0.6 is 0 Å². The third-order valence-electron chi connectivity index (χ3n) is 7.43. The van der Waals surface area contributed by atoms with Gasteiger partial charge in [0.15, 0.2) is 0 Å². The summed E-state index contributed by atoms with van der Waals surface area (Å²) in [6.07, 6.45) is -1.85. The highest BCUT2D eigenvalue weighted by Crippen LogP contribution is 2.39. The molecule has 1 saturated heterocycles. The Kier molecular flexibility index (Phi) is 9.12. The maximum absolute atomic E-state index is 13.9. The van der Waals surface area contributed by atoms with Crippen LogP contribution in [0.3, 0.4) is 0 Å². The summed E-state index contributed by atoms with van der Waals surface area (Å²) >= 11 is 0. The van der Waals surface area contributed by atoms with Crippen LogP contribution in [0.4, 0.5) is 28.9 Å². The van der Waals surface area contributed by atoms with E-state index in [0.29, 0.717) is 42.9 Å². The Morgan fingerprint density at radius 2 is 1.90 bits per heavy atom. The van der Waals surface area contributed by atoms with Crippen molar-refractivity contribution in [1.82, 2.24) is 14.7 Å². The predicted octanol–water partition coefficient (Wildman–Crippen LogP) is 4.89. The molecule has 13 heteroatoms. The molecule has 42 heavy (non-hydrogen) atoms. The lowest BCUT2D eigenvalue weighted by Crippen LogP contribution is -2.34. The summed E-state index contributed by atoms with van der Waals surface area (Å²) in [7, 11) is 3.11. The van der Waals surface area contributed by atoms with Gasteiger partial charge in [0.05, 0.1) is 35.9 Å². The Morgan fingerprint density at radius 3 is 2.50 bits per heavy atom. The van der Waals surface area contributed by atoms with Gasteiger partial charge in [-0.1, -0.05) is 6.07 Å². The minimum atomic E-state index is -4.66. The van der Waals surface area contributed by atoms with Gasteiger partial charge in [0.1, 0.15) is 11.9 Å². The maximum atomic E-state index is 13.9. The summed E-state index contributed by atoms with van der Waals surface area (Å²) in [6, 6.07) is 6.59. The van der Waals surface area contributed by atoms with Crippen LogP contribution in [-0.4, -0.2) is 47.0 Å². The van der Waals surface area contributed by atoms with Crippen LogP contribution in [0.15, 0.2) is 42.7 Å². The number of halogens is 4. The quantitative estimate of drug-likeness (QED) is 0.195. The zero-order valence-electron chi connectivity index (χ0n) is 23.9. The van der Waals surface area contributed by atoms with Crippen molar-refractivity contribution in [3.8, 4) is 5.75 Å². The van der Waals surface area contributed by atoms with Gasteiger partial charge in [-0.3, -0.25) is 19.4 Å². The number of nitrogens with two attached hydrogens (primary N) is 2. The molecular formula is C29H35F4N7O2. The summed E-state index contributed by atoms with van der Waals surface area (Å²) in [4.78, 5) is 15.2. The van der Waals surface area contributed by atoms with E-state index in [-0.39, 0.29) is 29.1 Å². The van der Waals surface area contributed by atoms with Gasteiger partial charge in [-0.2, -0.15) is 18.3 Å². The number of carbonyl (C=O) groups excluding carboxylic acids is 1. The van der Waals surface area contributed by atoms with E-state index in [1.54, 1.807) is 37.0 Å². The molecule has 1 fully saturated rings. The Hall–Kier alpha value is -4.10. The Balaban J connectivity index is 1.63. The van der Waals surface area contributed by atoms with Gasteiger partial charge in [-0.15, -0.1) is 0 Å². The van der Waals surface area contributed by atoms with Crippen molar-refractivity contribution >= 4 is 23.0 Å². The zero-order valence-corrected chi connectivity index (χ0v) is 23.9. The number of nitrogens with zero attached hydrogens (tertiary/aromatic N) is 4. The molecule has 1 amide bonds. The molecule has 0 atom stereocenters. The van der Waals surface area contributed by atoms with E-state index in [1.807, 2.05) is 11.8 Å². The Morgan fingerprint density at radius 1 is 1.21 bits per heavy atom. The first kappa shape index (κ1) is 30.8. The molecule has 2 aromatic carbocycles. The standard InChI is InChI=1S/C29H35F4N7O2/c1-17-5-6-19(12-26(17)40(35)16-24(34)23-14-36-38(3)18(23)2)28(41)37-25-13-21(29(31,32)33)11-20(27(25)42-4)15-39-9-7-22(30)8-10-39/h5-6,11-14,16,22H,7-10,15,34-35H2,1-4H3,(H,37,41)/b24-16-. The second-order valence-corrected chi connectivity index (χ2v) is 10.4. The molecule has 1 aliphatic heterocycles. The first-order chi connectivity index (χ1) is 19.8. The number of aryl methyl sites for hydroxylation is 2. The summed E-state index contributed by atoms with van der Waals surface area (Å²) in [6.45, 7) is 4.58. The van der Waals surface area contributed by atoms with Crippen LogP contribution in [0.5, 0.6) is 5.75 Å². The van der Waals surface area contributed by atoms with Crippen LogP contribution < -0.4 is 26.6 Å². The summed E-state index contributed by atoms with van der Waals surface area (Å²) in [5.41, 5.74) is 8.66. The summed E-state index contributed by atoms with van der Waals surface area (Å²) in [5, 5.41) is 8.03. The molecule has 2 heterocycles. The van der Waals surface area contributed by atoms with Crippen molar-refractivity contribution in [3.63, 3.8) is 0 Å². The van der Waals surface area contributed by atoms with E-state index in [2.05, 4.69) is 10.4 Å². The Labute approximate surface area is 241 Å². The number of benzene rings is 2. The molecule has 0 aliphatic carbocycles. The molecule has 0 bridgehead atoms. The molecule has 3 aromatic rings. The second kappa shape index (κ2) is 12.4. The molecule has 0 unspecified atom stereocenters. The fourth-order valence-electron chi connectivity index (χ4n) is 4.90. The monoisotopic (exact) mass is 589 g/mol. The number of likely N-dealkylation sites (tertiary alicyclic amines) is 1. The highest BCUT2D eigenvalue weighted by Gasteiger charge is 2.33. The first-order valence-electron chi connectivity index (χ1n) is 13.3. The molecule has 0 saturated carbocycles. The minimum Gasteiger partial charge on any atom is -0.494 e. The number of anilines is 2. The van der Waals surface area contributed by atoms with Gasteiger partial charge < -0.3 is 15.8 Å². The van der Waals surface area contributed by atoms with Crippen LogP contribution in [0, 0.1) is 13.8 Å². The Bertz CT molecular complexity index is 1480. The number of methoxy groups -OCH3 is 1. The van der Waals surface area contributed by atoms with Gasteiger partial charge in [0, 0.05) is 55.3 Å². The van der Waals surface area contributed by atoms with Gasteiger partial charge in [0.2, 0.25) is 0 Å². The fraction of sp³-hybridized carbons (Fsp3) is 0.379. The van der Waals surface area contributed by atoms with Crippen LogP contribution in [0.25, 0.3) is 5.70 Å². The number of aromatic nitrogens is 2. The number of piperidine rings is 1. The van der Waals surface area contributed by atoms with Gasteiger partial charge in [-0.25, -0.2) is 10.2 Å². The number of nitrogens with one attached hydrogen (secondary N) is 1. The summed E-state index contributed by atoms with van der Waals surface area (Å²) in [5.74, 6) is 5.73. The third-order valence-corrected chi connectivity index (χ3v) is 7.43. The molecule has 226 valence electrons. The van der Waals surface area contributed by atoms with E-state index in [4.69, 9.17) is 16.3 Å². The van der Waals surface area contributed by atoms with Crippen molar-refractivity contribution in [2.24, 2.45) is 18.6 Å². The molecule has 1 aromatic heterocycles. The normalized spacial score (nSPS) is 15.1. The van der Waals surface area contributed by atoms with Crippen molar-refractivity contribution in [2.45, 2.75) is 45.6 Å². The smallest absolute Gasteiger partial charge is 0.416 e. The van der Waals surface area contributed by atoms with E-state index < -0.39 is 23.8 Å². The fourth-order valence-corrected chi connectivity index (χ4v) is 4.90. The molecular weight excluding hydrogens is 554 g/mol. The molecule has 5 N–H and O–H groups in total. The topological polar surface area (TPSA) is 115 Å². The largest absolute Gasteiger partial charge is 0.494 e. The molecule has 9 nitrogen and oxygen atoms in total. The highest BCUT2D eigenvalue weighted by atomic mass is 19.4. The predicted molar refractivity (Wildman–Crippen MR) is 153 cm³/mol. The van der Waals surface area contributed by atoms with E-state index in [9.17, 15) is 22.4 Å². The minimum absolute atomic E-state index is 0.106. The highest BCUT2D eigenvalue weighted by molar-refractivity contribution is 6.06. The number of rotatable bonds is 8. The average Bonchev–Trinajstić information content (AvgIpc) is 3.27. The summed E-state index contributed by atoms with van der Waals surface area (Å²) < 4.78 is 62.3. The number of hydrazine groups is 1. The first-order valence-corrected chi connectivity index (χ1v) is 13.3. The van der Waals surface area contributed by atoms with Gasteiger partial charge in [-0.05, 0) is 56.5 Å². The van der Waals surface area contributed by atoms with E-state index in [1.165, 1.54) is 24.4 Å². The van der Waals surface area contributed by atoms with E-state index in [0.717, 1.165) is 23.4 Å². The molecule has 4 rings (SSSR count). The van der Waals surface area contributed by atoms with E-state index >= 15 is 0 Å². The van der Waals surface area contributed by atoms with Crippen molar-refractivity contribution < 1.29 is 27.1 Å². The SMILES string of the molecule is COc1c(CN2CCC(F)CC2)cc(C(F)(F)F)cc1NC(=O)c1ccc(C)c(N(N)/C=C(\N)c2cnn(C)c2C)c1. The number of ether oxygens (including phenoxy) is 1. The van der Waals surface area contributed by atoms with Crippen LogP contribution in [-0.2, 0) is 19.8 Å².